The van der Waals surface area contributed by atoms with Gasteiger partial charge in [-0.05, 0) is 48.1 Å². The van der Waals surface area contributed by atoms with Crippen LogP contribution in [-0.4, -0.2) is 57.3 Å². The standard InChI is InChI=1S/C26H29N5O4.C2HF3O2/c27-26(28)29-14-6-13-22(25(34)35)30-23(32)21-12-7-15-31(24(21)33)17-20-11-5-4-10-19(20)16-18-8-2-1-3-9-18;3-2(4,5)1(6)7/h1-5,7-12,15,22H,6,13-14,16-17H2,(H,30,32)(H,34,35)(H4,27,28,29);(H,6,7)/t22-;/m0./s1. The first-order chi connectivity index (χ1) is 19.8. The van der Waals surface area contributed by atoms with Gasteiger partial charge in [0.25, 0.3) is 11.5 Å². The fourth-order valence-electron chi connectivity index (χ4n) is 3.71. The molecule has 1 heterocycles. The van der Waals surface area contributed by atoms with Crippen LogP contribution in [0.15, 0.2) is 82.7 Å². The quantitative estimate of drug-likeness (QED) is 0.128. The molecule has 1 amide bonds. The van der Waals surface area contributed by atoms with Crippen LogP contribution in [0.1, 0.15) is 39.9 Å². The van der Waals surface area contributed by atoms with E-state index >= 15 is 0 Å². The van der Waals surface area contributed by atoms with Crippen LogP contribution in [0.25, 0.3) is 0 Å². The van der Waals surface area contributed by atoms with E-state index in [0.29, 0.717) is 12.8 Å². The van der Waals surface area contributed by atoms with Crippen molar-refractivity contribution in [2.45, 2.75) is 38.0 Å². The molecule has 0 spiro atoms. The van der Waals surface area contributed by atoms with E-state index in [0.717, 1.165) is 16.7 Å². The van der Waals surface area contributed by atoms with Gasteiger partial charge in [0.05, 0.1) is 6.54 Å². The van der Waals surface area contributed by atoms with Gasteiger partial charge in [0.2, 0.25) is 0 Å². The monoisotopic (exact) mass is 589 g/mol. The van der Waals surface area contributed by atoms with Crippen molar-refractivity contribution in [1.29, 1.82) is 0 Å². The lowest BCUT2D eigenvalue weighted by Crippen LogP contribution is -2.43. The summed E-state index contributed by atoms with van der Waals surface area (Å²) in [5.41, 5.74) is 13.1. The second kappa shape index (κ2) is 15.6. The van der Waals surface area contributed by atoms with Crippen molar-refractivity contribution in [1.82, 2.24) is 9.88 Å². The molecule has 0 unspecified atom stereocenters. The Morgan fingerprint density at radius 1 is 0.929 bits per heavy atom. The number of carbonyl (C=O) groups excluding carboxylic acids is 1. The van der Waals surface area contributed by atoms with Gasteiger partial charge >= 0.3 is 18.1 Å². The van der Waals surface area contributed by atoms with E-state index in [1.807, 2.05) is 54.6 Å². The number of amides is 1. The predicted molar refractivity (Wildman–Crippen MR) is 148 cm³/mol. The smallest absolute Gasteiger partial charge is 0.480 e. The Morgan fingerprint density at radius 2 is 1.52 bits per heavy atom. The minimum Gasteiger partial charge on any atom is -0.480 e. The molecule has 42 heavy (non-hydrogen) atoms. The van der Waals surface area contributed by atoms with E-state index in [1.54, 1.807) is 12.3 Å². The van der Waals surface area contributed by atoms with Crippen molar-refractivity contribution in [3.8, 4) is 0 Å². The van der Waals surface area contributed by atoms with E-state index in [2.05, 4.69) is 10.3 Å². The van der Waals surface area contributed by atoms with E-state index < -0.39 is 35.6 Å². The van der Waals surface area contributed by atoms with Gasteiger partial charge in [-0.25, -0.2) is 9.59 Å². The van der Waals surface area contributed by atoms with Gasteiger partial charge in [-0.3, -0.25) is 14.6 Å². The molecule has 0 aliphatic heterocycles. The highest BCUT2D eigenvalue weighted by Crippen LogP contribution is 2.16. The maximum absolute atomic E-state index is 13.1. The number of hydrogen-bond donors (Lipinski definition) is 5. The molecule has 1 atom stereocenters. The summed E-state index contributed by atoms with van der Waals surface area (Å²) in [5.74, 6) is -4.78. The molecule has 224 valence electrons. The molecule has 0 aliphatic rings. The van der Waals surface area contributed by atoms with Crippen LogP contribution in [0, 0.1) is 0 Å². The van der Waals surface area contributed by atoms with Crippen molar-refractivity contribution in [2.75, 3.05) is 6.54 Å². The molecular formula is C28H30F3N5O6. The van der Waals surface area contributed by atoms with Crippen LogP contribution >= 0.6 is 0 Å². The van der Waals surface area contributed by atoms with Gasteiger partial charge in [-0.1, -0.05) is 54.6 Å². The number of rotatable bonds is 11. The van der Waals surface area contributed by atoms with Gasteiger partial charge in [0.1, 0.15) is 11.6 Å². The lowest BCUT2D eigenvalue weighted by Gasteiger charge is -2.15. The van der Waals surface area contributed by atoms with Gasteiger partial charge in [0.15, 0.2) is 5.96 Å². The van der Waals surface area contributed by atoms with Gasteiger partial charge in [0, 0.05) is 12.7 Å². The number of guanidine groups is 1. The number of hydrogen-bond acceptors (Lipinski definition) is 5. The number of carboxylic acid groups (broad SMARTS) is 2. The number of nitrogens with zero attached hydrogens (tertiary/aromatic N) is 2. The second-order valence-corrected chi connectivity index (χ2v) is 8.90. The van der Waals surface area contributed by atoms with Crippen molar-refractivity contribution in [3.63, 3.8) is 0 Å². The van der Waals surface area contributed by atoms with Crippen LogP contribution in [0.4, 0.5) is 13.2 Å². The summed E-state index contributed by atoms with van der Waals surface area (Å²) in [5, 5.41) is 19.0. The van der Waals surface area contributed by atoms with Crippen LogP contribution in [-0.2, 0) is 22.6 Å². The average molecular weight is 590 g/mol. The Labute approximate surface area is 238 Å². The third-order valence-electron chi connectivity index (χ3n) is 5.75. The molecule has 11 nitrogen and oxygen atoms in total. The lowest BCUT2D eigenvalue weighted by molar-refractivity contribution is -0.192. The van der Waals surface area contributed by atoms with Gasteiger partial charge in [-0.2, -0.15) is 13.2 Å². The summed E-state index contributed by atoms with van der Waals surface area (Å²) in [6, 6.07) is 19.7. The van der Waals surface area contributed by atoms with Gasteiger partial charge in [-0.15, -0.1) is 0 Å². The zero-order valence-electron chi connectivity index (χ0n) is 22.3. The van der Waals surface area contributed by atoms with Crippen LogP contribution in [0.2, 0.25) is 0 Å². The maximum Gasteiger partial charge on any atom is 0.490 e. The topological polar surface area (TPSA) is 190 Å². The number of alkyl halides is 3. The number of nitrogens with one attached hydrogen (secondary N) is 1. The molecule has 1 aromatic heterocycles. The first-order valence-corrected chi connectivity index (χ1v) is 12.5. The van der Waals surface area contributed by atoms with Crippen LogP contribution in [0.5, 0.6) is 0 Å². The number of carbonyl (C=O) groups is 3. The van der Waals surface area contributed by atoms with Crippen molar-refractivity contribution in [3.05, 3.63) is 106 Å². The number of carboxylic acids is 2. The summed E-state index contributed by atoms with van der Waals surface area (Å²) in [7, 11) is 0. The van der Waals surface area contributed by atoms with E-state index in [9.17, 15) is 32.7 Å². The Balaban J connectivity index is 0.000000782. The first-order valence-electron chi connectivity index (χ1n) is 12.5. The predicted octanol–water partition coefficient (Wildman–Crippen LogP) is 2.36. The molecule has 3 rings (SSSR count). The molecule has 0 fully saturated rings. The van der Waals surface area contributed by atoms with Crippen molar-refractivity contribution in [2.24, 2.45) is 16.5 Å². The van der Waals surface area contributed by atoms with Crippen LogP contribution in [0.3, 0.4) is 0 Å². The Morgan fingerprint density at radius 3 is 2.10 bits per heavy atom. The number of nitrogens with two attached hydrogens (primary N) is 2. The fraction of sp³-hybridized carbons (Fsp3) is 0.250. The summed E-state index contributed by atoms with van der Waals surface area (Å²) in [6.07, 6.45) is -2.29. The molecule has 0 saturated carbocycles. The fourth-order valence-corrected chi connectivity index (χ4v) is 3.71. The Bertz CT molecular complexity index is 1450. The van der Waals surface area contributed by atoms with Crippen LogP contribution < -0.4 is 22.3 Å². The number of benzene rings is 2. The first kappa shape index (κ1) is 33.1. The highest BCUT2D eigenvalue weighted by atomic mass is 19.4. The normalized spacial score (nSPS) is 11.4. The summed E-state index contributed by atoms with van der Waals surface area (Å²) in [4.78, 5) is 50.2. The summed E-state index contributed by atoms with van der Waals surface area (Å²) in [6.45, 7) is 0.520. The minimum absolute atomic E-state index is 0.0870. The molecule has 0 saturated heterocycles. The SMILES string of the molecule is NC(N)=NCCC[C@H](NC(=O)c1cccn(Cc2ccccc2Cc2ccccc2)c1=O)C(=O)O.O=C(O)C(F)(F)F. The van der Waals surface area contributed by atoms with Crippen molar-refractivity contribution < 1.29 is 37.8 Å². The maximum atomic E-state index is 13.1. The molecule has 0 bridgehead atoms. The average Bonchev–Trinajstić information content (AvgIpc) is 2.92. The van der Waals surface area contributed by atoms with E-state index in [4.69, 9.17) is 21.4 Å². The summed E-state index contributed by atoms with van der Waals surface area (Å²) < 4.78 is 33.2. The molecule has 0 aliphatic carbocycles. The number of aliphatic imine (C=N–C) groups is 1. The minimum atomic E-state index is -5.08. The third kappa shape index (κ3) is 10.8. The molecule has 3 aromatic rings. The molecular weight excluding hydrogens is 559 g/mol. The molecule has 2 aromatic carbocycles. The molecule has 7 N–H and O–H groups in total. The second-order valence-electron chi connectivity index (χ2n) is 8.90. The molecule has 14 heteroatoms. The Kier molecular flexibility index (Phi) is 12.3. The highest BCUT2D eigenvalue weighted by molar-refractivity contribution is 5.96. The zero-order valence-corrected chi connectivity index (χ0v) is 22.3. The number of pyridine rings is 1. The number of halogens is 3. The van der Waals surface area contributed by atoms with Gasteiger partial charge < -0.3 is 31.6 Å². The van der Waals surface area contributed by atoms with Crippen molar-refractivity contribution >= 4 is 23.8 Å². The number of aromatic nitrogens is 1. The Hall–Kier alpha value is -5.14. The third-order valence-corrected chi connectivity index (χ3v) is 5.75. The largest absolute Gasteiger partial charge is 0.490 e. The zero-order chi connectivity index (χ0) is 31.3. The summed E-state index contributed by atoms with van der Waals surface area (Å²) >= 11 is 0. The van der Waals surface area contributed by atoms with E-state index in [1.165, 1.54) is 10.6 Å². The number of aliphatic carboxylic acids is 2. The molecule has 0 radical (unpaired) electrons. The highest BCUT2D eigenvalue weighted by Gasteiger charge is 2.38. The lowest BCUT2D eigenvalue weighted by atomic mass is 9.99. The van der Waals surface area contributed by atoms with E-state index in [-0.39, 0.29) is 31.0 Å².